The number of thioether (sulfide) groups is 1. The first-order valence-electron chi connectivity index (χ1n) is 5.38. The van der Waals surface area contributed by atoms with E-state index in [1.54, 1.807) is 0 Å². The molecule has 0 spiro atoms. The average molecular weight is 306 g/mol. The topological polar surface area (TPSA) is 89.3 Å². The number of nitrogen functional groups attached to an aromatic ring is 1. The van der Waals surface area contributed by atoms with Crippen LogP contribution in [-0.4, -0.2) is 37.8 Å². The Morgan fingerprint density at radius 2 is 2.16 bits per heavy atom. The highest BCUT2D eigenvalue weighted by Crippen LogP contribution is 2.19. The van der Waals surface area contributed by atoms with Crippen LogP contribution in [0.15, 0.2) is 18.2 Å². The minimum atomic E-state index is -3.02. The molecular formula is C11H15FN2O3S2. The fourth-order valence-electron chi connectivity index (χ4n) is 1.20. The predicted octanol–water partition coefficient (Wildman–Crippen LogP) is 1.12. The van der Waals surface area contributed by atoms with E-state index in [1.165, 1.54) is 23.9 Å². The molecule has 3 N–H and O–H groups in total. The Morgan fingerprint density at radius 3 is 2.79 bits per heavy atom. The van der Waals surface area contributed by atoms with E-state index in [9.17, 15) is 17.6 Å². The lowest BCUT2D eigenvalue weighted by molar-refractivity contribution is -0.113. The third-order valence-electron chi connectivity index (χ3n) is 2.12. The molecule has 0 bridgehead atoms. The molecule has 0 unspecified atom stereocenters. The summed E-state index contributed by atoms with van der Waals surface area (Å²) in [5.41, 5.74) is 6.07. The van der Waals surface area contributed by atoms with Gasteiger partial charge in [-0.1, -0.05) is 0 Å². The quantitative estimate of drug-likeness (QED) is 0.607. The summed E-state index contributed by atoms with van der Waals surface area (Å²) in [5.74, 6) is -0.395. The number of rotatable bonds is 6. The minimum Gasteiger partial charge on any atom is -0.397 e. The van der Waals surface area contributed by atoms with E-state index in [2.05, 4.69) is 5.32 Å². The van der Waals surface area contributed by atoms with Gasteiger partial charge in [0.1, 0.15) is 15.7 Å². The van der Waals surface area contributed by atoms with Crippen molar-refractivity contribution >= 4 is 38.9 Å². The average Bonchev–Trinajstić information content (AvgIpc) is 2.28. The molecule has 0 radical (unpaired) electrons. The Balaban J connectivity index is 2.41. The molecule has 0 saturated carbocycles. The molecule has 0 aliphatic carbocycles. The van der Waals surface area contributed by atoms with Crippen molar-refractivity contribution in [1.29, 1.82) is 0 Å². The summed E-state index contributed by atoms with van der Waals surface area (Å²) in [4.78, 5) is 11.5. The second-order valence-corrected chi connectivity index (χ2v) is 7.33. The van der Waals surface area contributed by atoms with E-state index < -0.39 is 15.7 Å². The molecule has 8 heteroatoms. The number of amides is 1. The van der Waals surface area contributed by atoms with Crippen molar-refractivity contribution in [2.45, 2.75) is 0 Å². The predicted molar refractivity (Wildman–Crippen MR) is 76.5 cm³/mol. The molecule has 1 amide bonds. The van der Waals surface area contributed by atoms with Crippen LogP contribution in [0.2, 0.25) is 0 Å². The molecule has 19 heavy (non-hydrogen) atoms. The fraction of sp³-hybridized carbons (Fsp3) is 0.364. The molecule has 0 heterocycles. The normalized spacial score (nSPS) is 11.3. The van der Waals surface area contributed by atoms with E-state index in [-0.39, 0.29) is 28.8 Å². The van der Waals surface area contributed by atoms with Gasteiger partial charge in [-0.25, -0.2) is 12.8 Å². The lowest BCUT2D eigenvalue weighted by Gasteiger charge is -2.08. The number of sulfone groups is 1. The van der Waals surface area contributed by atoms with Crippen LogP contribution in [0, 0.1) is 5.82 Å². The Kier molecular flexibility index (Phi) is 5.61. The van der Waals surface area contributed by atoms with E-state index in [1.807, 2.05) is 0 Å². The zero-order chi connectivity index (χ0) is 14.5. The van der Waals surface area contributed by atoms with Gasteiger partial charge >= 0.3 is 0 Å². The lowest BCUT2D eigenvalue weighted by atomic mass is 10.2. The number of anilines is 2. The Bertz CT molecular complexity index is 561. The van der Waals surface area contributed by atoms with Crippen molar-refractivity contribution in [3.63, 3.8) is 0 Å². The van der Waals surface area contributed by atoms with Crippen molar-refractivity contribution in [3.05, 3.63) is 24.0 Å². The molecule has 5 nitrogen and oxygen atoms in total. The number of nitrogens with two attached hydrogens (primary N) is 1. The molecule has 0 atom stereocenters. The van der Waals surface area contributed by atoms with Crippen LogP contribution in [0.1, 0.15) is 0 Å². The number of hydrogen-bond donors (Lipinski definition) is 2. The van der Waals surface area contributed by atoms with E-state index in [4.69, 9.17) is 5.73 Å². The van der Waals surface area contributed by atoms with Gasteiger partial charge in [0.05, 0.1) is 22.9 Å². The molecular weight excluding hydrogens is 291 g/mol. The summed E-state index contributed by atoms with van der Waals surface area (Å²) in [6.45, 7) is 0. The Morgan fingerprint density at radius 1 is 1.47 bits per heavy atom. The maximum Gasteiger partial charge on any atom is 0.234 e. The fourth-order valence-corrected chi connectivity index (χ4v) is 3.28. The van der Waals surface area contributed by atoms with Gasteiger partial charge < -0.3 is 11.1 Å². The molecule has 0 aromatic heterocycles. The van der Waals surface area contributed by atoms with Crippen molar-refractivity contribution < 1.29 is 17.6 Å². The molecule has 1 aromatic rings. The van der Waals surface area contributed by atoms with Crippen LogP contribution in [0.4, 0.5) is 15.8 Å². The van der Waals surface area contributed by atoms with Gasteiger partial charge in [0.2, 0.25) is 5.91 Å². The maximum atomic E-state index is 13.0. The number of carbonyl (C=O) groups excluding carboxylic acids is 1. The number of halogens is 1. The first-order chi connectivity index (χ1) is 8.78. The zero-order valence-electron chi connectivity index (χ0n) is 10.3. The van der Waals surface area contributed by atoms with Gasteiger partial charge in [-0.05, 0) is 18.2 Å². The molecule has 0 saturated heterocycles. The van der Waals surface area contributed by atoms with Gasteiger partial charge in [-0.2, -0.15) is 11.8 Å². The number of carbonyl (C=O) groups is 1. The Labute approximate surface area is 115 Å². The number of benzene rings is 1. The van der Waals surface area contributed by atoms with Crippen LogP contribution in [0.25, 0.3) is 0 Å². The number of nitrogens with one attached hydrogen (secondary N) is 1. The van der Waals surface area contributed by atoms with Gasteiger partial charge in [-0.3, -0.25) is 4.79 Å². The minimum absolute atomic E-state index is 0.0209. The van der Waals surface area contributed by atoms with E-state index >= 15 is 0 Å². The molecule has 106 valence electrons. The highest BCUT2D eigenvalue weighted by Gasteiger charge is 2.08. The third-order valence-corrected chi connectivity index (χ3v) is 4.28. The van der Waals surface area contributed by atoms with Crippen molar-refractivity contribution in [2.75, 3.05) is 34.6 Å². The summed E-state index contributed by atoms with van der Waals surface area (Å²) >= 11 is 1.19. The maximum absolute atomic E-state index is 13.0. The summed E-state index contributed by atoms with van der Waals surface area (Å²) in [5, 5.41) is 2.47. The van der Waals surface area contributed by atoms with Crippen LogP contribution >= 0.6 is 11.8 Å². The van der Waals surface area contributed by atoms with Crippen LogP contribution in [0.5, 0.6) is 0 Å². The SMILES string of the molecule is CS(=O)(=O)CCSCC(=O)Nc1cc(F)ccc1N. The zero-order valence-corrected chi connectivity index (χ0v) is 12.0. The van der Waals surface area contributed by atoms with E-state index in [0.29, 0.717) is 5.75 Å². The first kappa shape index (κ1) is 15.8. The van der Waals surface area contributed by atoms with Crippen molar-refractivity contribution in [2.24, 2.45) is 0 Å². The highest BCUT2D eigenvalue weighted by molar-refractivity contribution is 8.01. The summed E-state index contributed by atoms with van der Waals surface area (Å²) < 4.78 is 34.7. The molecule has 0 aliphatic rings. The van der Waals surface area contributed by atoms with E-state index in [0.717, 1.165) is 12.3 Å². The van der Waals surface area contributed by atoms with Crippen LogP contribution in [-0.2, 0) is 14.6 Å². The molecule has 1 rings (SSSR count). The largest absolute Gasteiger partial charge is 0.397 e. The van der Waals surface area contributed by atoms with Crippen molar-refractivity contribution in [1.82, 2.24) is 0 Å². The van der Waals surface area contributed by atoms with Gasteiger partial charge in [0.25, 0.3) is 0 Å². The second-order valence-electron chi connectivity index (χ2n) is 3.96. The van der Waals surface area contributed by atoms with Gasteiger partial charge in [-0.15, -0.1) is 0 Å². The number of hydrogen-bond acceptors (Lipinski definition) is 5. The summed E-state index contributed by atoms with van der Waals surface area (Å²) in [6.07, 6.45) is 1.14. The Hall–Kier alpha value is -1.28. The van der Waals surface area contributed by atoms with Crippen molar-refractivity contribution in [3.8, 4) is 0 Å². The van der Waals surface area contributed by atoms with Gasteiger partial charge in [0.15, 0.2) is 0 Å². The summed E-state index contributed by atoms with van der Waals surface area (Å²) in [6, 6.07) is 3.70. The molecule has 1 aromatic carbocycles. The smallest absolute Gasteiger partial charge is 0.234 e. The van der Waals surface area contributed by atoms with Gasteiger partial charge in [0, 0.05) is 12.0 Å². The monoisotopic (exact) mass is 306 g/mol. The summed E-state index contributed by atoms with van der Waals surface area (Å²) in [7, 11) is -3.02. The second kappa shape index (κ2) is 6.76. The lowest BCUT2D eigenvalue weighted by Crippen LogP contribution is -2.16. The van der Waals surface area contributed by atoms with Crippen LogP contribution in [0.3, 0.4) is 0 Å². The highest BCUT2D eigenvalue weighted by atomic mass is 32.2. The standard InChI is InChI=1S/C11H15FN2O3S2/c1-19(16,17)5-4-18-7-11(15)14-10-6-8(12)2-3-9(10)13/h2-3,6H,4-5,7,13H2,1H3,(H,14,15). The third kappa shape index (κ3) is 6.44. The van der Waals surface area contributed by atoms with Crippen LogP contribution < -0.4 is 11.1 Å². The molecule has 0 aliphatic heterocycles. The molecule has 0 fully saturated rings. The first-order valence-corrected chi connectivity index (χ1v) is 8.60.